The highest BCUT2D eigenvalue weighted by Crippen LogP contribution is 2.51. The van der Waals surface area contributed by atoms with Crippen molar-refractivity contribution in [3.63, 3.8) is 0 Å². The molecule has 2 heterocycles. The van der Waals surface area contributed by atoms with Gasteiger partial charge in [0.2, 0.25) is 0 Å². The van der Waals surface area contributed by atoms with E-state index in [-0.39, 0.29) is 11.5 Å². The lowest BCUT2D eigenvalue weighted by atomic mass is 9.66. The second kappa shape index (κ2) is 4.49. The first kappa shape index (κ1) is 12.4. The van der Waals surface area contributed by atoms with E-state index in [9.17, 15) is 4.79 Å². The van der Waals surface area contributed by atoms with Crippen LogP contribution in [-0.2, 0) is 4.79 Å². The van der Waals surface area contributed by atoms with Gasteiger partial charge in [-0.05, 0) is 57.7 Å². The molecule has 1 spiro atoms. The number of piperidine rings is 1. The summed E-state index contributed by atoms with van der Waals surface area (Å²) in [5.74, 6) is 0.0195. The number of aliphatic carboxylic acids is 1. The van der Waals surface area contributed by atoms with Gasteiger partial charge in [0.05, 0.1) is 5.92 Å². The van der Waals surface area contributed by atoms with Crippen molar-refractivity contribution >= 4 is 5.97 Å². The van der Waals surface area contributed by atoms with Crippen molar-refractivity contribution in [2.45, 2.75) is 50.6 Å². The van der Waals surface area contributed by atoms with Gasteiger partial charge in [0.25, 0.3) is 0 Å². The molecule has 102 valence electrons. The highest BCUT2D eigenvalue weighted by atomic mass is 16.4. The van der Waals surface area contributed by atoms with E-state index >= 15 is 0 Å². The smallest absolute Gasteiger partial charge is 0.306 e. The molecule has 0 radical (unpaired) electrons. The van der Waals surface area contributed by atoms with Crippen molar-refractivity contribution in [1.29, 1.82) is 0 Å². The quantitative estimate of drug-likeness (QED) is 0.778. The van der Waals surface area contributed by atoms with Crippen molar-refractivity contribution in [1.82, 2.24) is 10.2 Å². The molecule has 1 aliphatic carbocycles. The fraction of sp³-hybridized carbons (Fsp3) is 0.929. The van der Waals surface area contributed by atoms with E-state index in [1.165, 1.54) is 25.8 Å². The third-order valence-corrected chi connectivity index (χ3v) is 5.39. The molecule has 2 aliphatic heterocycles. The van der Waals surface area contributed by atoms with Crippen LogP contribution in [0.3, 0.4) is 0 Å². The predicted molar refractivity (Wildman–Crippen MR) is 69.5 cm³/mol. The number of hydrogen-bond donors (Lipinski definition) is 2. The minimum Gasteiger partial charge on any atom is -0.481 e. The van der Waals surface area contributed by atoms with E-state index < -0.39 is 5.97 Å². The summed E-state index contributed by atoms with van der Waals surface area (Å²) in [5, 5.41) is 12.6. The van der Waals surface area contributed by atoms with E-state index in [2.05, 4.69) is 17.1 Å². The first-order valence-electron chi connectivity index (χ1n) is 7.33. The highest BCUT2D eigenvalue weighted by Gasteiger charge is 2.55. The van der Waals surface area contributed by atoms with Crippen LogP contribution >= 0.6 is 0 Å². The van der Waals surface area contributed by atoms with Crippen LogP contribution in [0.5, 0.6) is 0 Å². The third kappa shape index (κ3) is 1.86. The lowest BCUT2D eigenvalue weighted by molar-refractivity contribution is -0.152. The number of rotatable bonds is 2. The Morgan fingerprint density at radius 1 is 1.44 bits per heavy atom. The van der Waals surface area contributed by atoms with Crippen molar-refractivity contribution in [3.05, 3.63) is 0 Å². The molecule has 0 amide bonds. The summed E-state index contributed by atoms with van der Waals surface area (Å²) in [6.07, 6.45) is 5.47. The molecule has 3 aliphatic rings. The lowest BCUT2D eigenvalue weighted by Crippen LogP contribution is -2.61. The summed E-state index contributed by atoms with van der Waals surface area (Å²) in [6, 6.07) is 0.670. The molecular weight excluding hydrogens is 228 g/mol. The summed E-state index contributed by atoms with van der Waals surface area (Å²) in [6.45, 7) is 5.74. The molecule has 2 atom stereocenters. The van der Waals surface area contributed by atoms with Gasteiger partial charge in [-0.3, -0.25) is 9.69 Å². The Morgan fingerprint density at radius 3 is 2.89 bits per heavy atom. The van der Waals surface area contributed by atoms with Crippen LogP contribution in [0.4, 0.5) is 0 Å². The first-order valence-corrected chi connectivity index (χ1v) is 7.33. The molecule has 0 bridgehead atoms. The minimum absolute atomic E-state index is 0.0809. The fourth-order valence-electron chi connectivity index (χ4n) is 4.41. The van der Waals surface area contributed by atoms with Crippen molar-refractivity contribution < 1.29 is 9.90 Å². The number of carboxylic acids is 1. The molecule has 4 nitrogen and oxygen atoms in total. The van der Waals surface area contributed by atoms with Gasteiger partial charge >= 0.3 is 5.97 Å². The molecule has 0 aromatic carbocycles. The number of hydrogen-bond acceptors (Lipinski definition) is 3. The van der Waals surface area contributed by atoms with Gasteiger partial charge in [-0.25, -0.2) is 0 Å². The maximum atomic E-state index is 11.0. The number of carboxylic acid groups (broad SMARTS) is 1. The second-order valence-corrected chi connectivity index (χ2v) is 6.50. The Kier molecular flexibility index (Phi) is 3.10. The van der Waals surface area contributed by atoms with E-state index in [1.54, 1.807) is 0 Å². The molecule has 4 heteroatoms. The summed E-state index contributed by atoms with van der Waals surface area (Å²) in [5.41, 5.74) is 0.249. The number of nitrogens with one attached hydrogen (secondary N) is 1. The second-order valence-electron chi connectivity index (χ2n) is 6.50. The Balaban J connectivity index is 1.70. The fourth-order valence-corrected chi connectivity index (χ4v) is 4.41. The van der Waals surface area contributed by atoms with Crippen LogP contribution in [0.2, 0.25) is 0 Å². The Bertz CT molecular complexity index is 339. The molecule has 18 heavy (non-hydrogen) atoms. The monoisotopic (exact) mass is 252 g/mol. The Hall–Kier alpha value is -0.610. The van der Waals surface area contributed by atoms with Crippen LogP contribution in [0.15, 0.2) is 0 Å². The van der Waals surface area contributed by atoms with E-state index in [4.69, 9.17) is 5.11 Å². The zero-order valence-corrected chi connectivity index (χ0v) is 11.2. The van der Waals surface area contributed by atoms with Crippen LogP contribution in [0, 0.1) is 11.8 Å². The van der Waals surface area contributed by atoms with Crippen LogP contribution in [-0.4, -0.2) is 47.2 Å². The standard InChI is InChI=1S/C14H24N2O2/c1-10-9-15-5-3-12(10)16-6-2-4-14(16)7-11(8-14)13(17)18/h10-12,15H,2-9H2,1H3,(H,17,18). The predicted octanol–water partition coefficient (Wildman–Crippen LogP) is 1.31. The largest absolute Gasteiger partial charge is 0.481 e. The van der Waals surface area contributed by atoms with Gasteiger partial charge in [0, 0.05) is 11.6 Å². The average Bonchev–Trinajstić information content (AvgIpc) is 2.71. The van der Waals surface area contributed by atoms with E-state index in [0.29, 0.717) is 12.0 Å². The lowest BCUT2D eigenvalue weighted by Gasteiger charge is -2.54. The zero-order valence-electron chi connectivity index (χ0n) is 11.2. The van der Waals surface area contributed by atoms with Crippen molar-refractivity contribution in [2.75, 3.05) is 19.6 Å². The molecule has 2 unspecified atom stereocenters. The summed E-state index contributed by atoms with van der Waals surface area (Å²) < 4.78 is 0. The minimum atomic E-state index is -0.592. The molecule has 0 aromatic heterocycles. The topological polar surface area (TPSA) is 52.6 Å². The maximum Gasteiger partial charge on any atom is 0.306 e. The van der Waals surface area contributed by atoms with Crippen LogP contribution in [0.1, 0.15) is 39.0 Å². The molecular formula is C14H24N2O2. The van der Waals surface area contributed by atoms with Crippen LogP contribution in [0.25, 0.3) is 0 Å². The Morgan fingerprint density at radius 2 is 2.22 bits per heavy atom. The number of likely N-dealkylation sites (tertiary alicyclic amines) is 1. The van der Waals surface area contributed by atoms with E-state index in [1.807, 2.05) is 0 Å². The highest BCUT2D eigenvalue weighted by molar-refractivity contribution is 5.71. The molecule has 3 rings (SSSR count). The van der Waals surface area contributed by atoms with Gasteiger partial charge in [0.1, 0.15) is 0 Å². The van der Waals surface area contributed by atoms with Gasteiger partial charge < -0.3 is 10.4 Å². The first-order chi connectivity index (χ1) is 8.62. The normalized spacial score (nSPS) is 45.1. The zero-order chi connectivity index (χ0) is 12.8. The van der Waals surface area contributed by atoms with E-state index in [0.717, 1.165) is 25.9 Å². The molecule has 1 saturated carbocycles. The number of carbonyl (C=O) groups is 1. The average molecular weight is 252 g/mol. The van der Waals surface area contributed by atoms with Crippen LogP contribution < -0.4 is 5.32 Å². The van der Waals surface area contributed by atoms with Gasteiger partial charge in [-0.15, -0.1) is 0 Å². The molecule has 3 fully saturated rings. The van der Waals surface area contributed by atoms with Gasteiger partial charge in [-0.2, -0.15) is 0 Å². The SMILES string of the molecule is CC1CNCCC1N1CCCC12CC(C(=O)O)C2. The summed E-state index contributed by atoms with van der Waals surface area (Å²) in [4.78, 5) is 13.7. The molecule has 2 N–H and O–H groups in total. The number of nitrogens with zero attached hydrogens (tertiary/aromatic N) is 1. The summed E-state index contributed by atoms with van der Waals surface area (Å²) in [7, 11) is 0. The summed E-state index contributed by atoms with van der Waals surface area (Å²) >= 11 is 0. The molecule has 2 saturated heterocycles. The van der Waals surface area contributed by atoms with Gasteiger partial charge in [-0.1, -0.05) is 6.92 Å². The molecule has 0 aromatic rings. The van der Waals surface area contributed by atoms with Crippen molar-refractivity contribution in [2.24, 2.45) is 11.8 Å². The van der Waals surface area contributed by atoms with Gasteiger partial charge in [0.15, 0.2) is 0 Å². The Labute approximate surface area is 109 Å². The third-order valence-electron chi connectivity index (χ3n) is 5.39. The van der Waals surface area contributed by atoms with Crippen molar-refractivity contribution in [3.8, 4) is 0 Å². The maximum absolute atomic E-state index is 11.0.